The molecule has 6 heterocycles. The number of aromatic nitrogens is 4. The number of nitrogens with zero attached hydrogens (tertiary/aromatic N) is 5. The fourth-order valence-electron chi connectivity index (χ4n) is 7.40. The van der Waals surface area contributed by atoms with E-state index in [0.717, 1.165) is 42.0 Å². The van der Waals surface area contributed by atoms with Crippen molar-refractivity contribution in [1.82, 2.24) is 24.5 Å². The summed E-state index contributed by atoms with van der Waals surface area (Å²) in [7, 11) is 0. The summed E-state index contributed by atoms with van der Waals surface area (Å²) in [5.41, 5.74) is 8.80. The van der Waals surface area contributed by atoms with E-state index in [4.69, 9.17) is 9.73 Å². The van der Waals surface area contributed by atoms with Crippen molar-refractivity contribution in [1.29, 1.82) is 0 Å². The quantitative estimate of drug-likeness (QED) is 0.561. The van der Waals surface area contributed by atoms with Gasteiger partial charge in [0.1, 0.15) is 6.33 Å². The molecule has 3 aromatic rings. The highest BCUT2D eigenvalue weighted by Crippen LogP contribution is 2.41. The van der Waals surface area contributed by atoms with Crippen LogP contribution in [0.5, 0.6) is 0 Å². The van der Waals surface area contributed by atoms with Crippen LogP contribution in [-0.4, -0.2) is 56.8 Å². The standard InChI is InChI=1S/C31H40N6O/c1-19(2)27-28(24-14-37-30(32-18-33-37)21(4)20(24)3)35-26-7-5-6-25(34-29(26)27)22-8-10-23(11-9-22)36-13-12-31(15-36)16-38-17-31/h6-7,14,18-19,22-23,35H,5,8-13,15-17H2,1-4H3. The zero-order chi connectivity index (χ0) is 26.0. The Hall–Kier alpha value is -2.77. The van der Waals surface area contributed by atoms with Gasteiger partial charge in [0, 0.05) is 46.9 Å². The number of likely N-dealkylation sites (tertiary alicyclic amines) is 1. The molecule has 1 N–H and O–H groups in total. The maximum atomic E-state index is 5.56. The van der Waals surface area contributed by atoms with Gasteiger partial charge >= 0.3 is 0 Å². The zero-order valence-corrected chi connectivity index (χ0v) is 23.3. The number of rotatable bonds is 4. The summed E-state index contributed by atoms with van der Waals surface area (Å²) in [5.74, 6) is 0.907. The second kappa shape index (κ2) is 9.16. The van der Waals surface area contributed by atoms with Crippen molar-refractivity contribution >= 4 is 11.7 Å². The number of aryl methyl sites for hydroxylation is 1. The summed E-state index contributed by atoms with van der Waals surface area (Å²) in [6.45, 7) is 13.4. The SMILES string of the molecule is Cc1c(-c2[nH]c3c(c2C(C)C)=NC(C2CCC(N4CCC5(COC5)C4)CC2)=CCC=3)cn2ncnc2c1C. The number of allylic oxidation sites excluding steroid dienone is 2. The number of ether oxygens (including phenoxy) is 1. The first-order valence-electron chi connectivity index (χ1n) is 14.5. The van der Waals surface area contributed by atoms with Crippen molar-refractivity contribution in [3.05, 3.63) is 51.7 Å². The highest BCUT2D eigenvalue weighted by atomic mass is 16.5. The number of H-pyrrole nitrogens is 1. The predicted molar refractivity (Wildman–Crippen MR) is 149 cm³/mol. The van der Waals surface area contributed by atoms with Crippen molar-refractivity contribution in [2.45, 2.75) is 78.2 Å². The van der Waals surface area contributed by atoms with Crippen LogP contribution in [0.25, 0.3) is 23.0 Å². The molecule has 38 heavy (non-hydrogen) atoms. The van der Waals surface area contributed by atoms with Gasteiger partial charge in [-0.1, -0.05) is 26.0 Å². The average molecular weight is 513 g/mol. The van der Waals surface area contributed by atoms with E-state index in [-0.39, 0.29) is 0 Å². The van der Waals surface area contributed by atoms with Gasteiger partial charge in [-0.2, -0.15) is 5.10 Å². The van der Waals surface area contributed by atoms with E-state index in [1.54, 1.807) is 6.33 Å². The third-order valence-corrected chi connectivity index (χ3v) is 9.82. The van der Waals surface area contributed by atoms with E-state index >= 15 is 0 Å². The Morgan fingerprint density at radius 3 is 2.61 bits per heavy atom. The van der Waals surface area contributed by atoms with Crippen LogP contribution < -0.4 is 10.7 Å². The minimum absolute atomic E-state index is 0.348. The molecule has 200 valence electrons. The third kappa shape index (κ3) is 3.89. The Balaban J connectivity index is 1.19. The van der Waals surface area contributed by atoms with E-state index in [1.165, 1.54) is 78.8 Å². The normalized spacial score (nSPS) is 25.1. The highest BCUT2D eigenvalue weighted by Gasteiger charge is 2.46. The highest BCUT2D eigenvalue weighted by molar-refractivity contribution is 5.72. The number of hydrogen-bond donors (Lipinski definition) is 1. The van der Waals surface area contributed by atoms with Crippen molar-refractivity contribution in [2.75, 3.05) is 26.3 Å². The first-order chi connectivity index (χ1) is 18.4. The summed E-state index contributed by atoms with van der Waals surface area (Å²) in [5, 5.41) is 6.74. The molecule has 0 bridgehead atoms. The Labute approximate surface area is 224 Å². The summed E-state index contributed by atoms with van der Waals surface area (Å²) < 4.78 is 7.46. The molecule has 7 heteroatoms. The molecule has 7 rings (SSSR count). The van der Waals surface area contributed by atoms with Gasteiger partial charge in [0.05, 0.1) is 29.6 Å². The lowest BCUT2D eigenvalue weighted by Crippen LogP contribution is -2.46. The predicted octanol–water partition coefficient (Wildman–Crippen LogP) is 4.43. The smallest absolute Gasteiger partial charge is 0.158 e. The van der Waals surface area contributed by atoms with Crippen LogP contribution in [-0.2, 0) is 4.74 Å². The van der Waals surface area contributed by atoms with Crippen LogP contribution in [0.4, 0.5) is 0 Å². The second-order valence-electron chi connectivity index (χ2n) is 12.6. The van der Waals surface area contributed by atoms with Crippen molar-refractivity contribution < 1.29 is 4.74 Å². The molecule has 3 aromatic heterocycles. The Kier molecular flexibility index (Phi) is 5.85. The van der Waals surface area contributed by atoms with E-state index in [2.05, 4.69) is 66.0 Å². The van der Waals surface area contributed by atoms with Crippen molar-refractivity contribution in [2.24, 2.45) is 16.3 Å². The molecule has 0 amide bonds. The molecule has 1 saturated carbocycles. The Bertz CT molecular complexity index is 1530. The zero-order valence-electron chi connectivity index (χ0n) is 23.3. The number of nitrogens with one attached hydrogen (secondary N) is 1. The molecule has 7 nitrogen and oxygen atoms in total. The van der Waals surface area contributed by atoms with Crippen molar-refractivity contribution in [3.63, 3.8) is 0 Å². The fourth-order valence-corrected chi connectivity index (χ4v) is 7.40. The van der Waals surface area contributed by atoms with Gasteiger partial charge in [-0.05, 0) is 76.0 Å². The lowest BCUT2D eigenvalue weighted by atomic mass is 9.82. The first-order valence-corrected chi connectivity index (χ1v) is 14.5. The lowest BCUT2D eigenvalue weighted by molar-refractivity contribution is -0.106. The maximum absolute atomic E-state index is 5.56. The fraction of sp³-hybridized carbons (Fsp3) is 0.581. The first kappa shape index (κ1) is 24.3. The van der Waals surface area contributed by atoms with Crippen LogP contribution in [0.3, 0.4) is 0 Å². The molecule has 1 spiro atoms. The minimum atomic E-state index is 0.348. The lowest BCUT2D eigenvalue weighted by Gasteiger charge is -2.40. The van der Waals surface area contributed by atoms with Crippen LogP contribution in [0.1, 0.15) is 75.0 Å². The number of aromatic amines is 1. The summed E-state index contributed by atoms with van der Waals surface area (Å²) in [6.07, 6.45) is 15.8. The number of fused-ring (bicyclic) bond motifs is 2. The molecule has 0 radical (unpaired) electrons. The average Bonchev–Trinajstić information content (AvgIpc) is 3.60. The van der Waals surface area contributed by atoms with Gasteiger partial charge in [0.25, 0.3) is 0 Å². The number of hydrogen-bond acceptors (Lipinski definition) is 5. The third-order valence-electron chi connectivity index (χ3n) is 9.82. The summed E-state index contributed by atoms with van der Waals surface area (Å²) in [4.78, 5) is 16.5. The summed E-state index contributed by atoms with van der Waals surface area (Å²) in [6, 6.07) is 0.739. The van der Waals surface area contributed by atoms with Gasteiger partial charge in [0.15, 0.2) is 5.65 Å². The number of pyridine rings is 1. The van der Waals surface area contributed by atoms with E-state index < -0.39 is 0 Å². The van der Waals surface area contributed by atoms with Crippen LogP contribution in [0.2, 0.25) is 0 Å². The minimum Gasteiger partial charge on any atom is -0.380 e. The summed E-state index contributed by atoms with van der Waals surface area (Å²) >= 11 is 0. The largest absolute Gasteiger partial charge is 0.380 e. The molecule has 3 fully saturated rings. The second-order valence-corrected chi connectivity index (χ2v) is 12.6. The van der Waals surface area contributed by atoms with Crippen molar-refractivity contribution in [3.8, 4) is 11.3 Å². The van der Waals surface area contributed by atoms with E-state index in [0.29, 0.717) is 17.3 Å². The van der Waals surface area contributed by atoms with E-state index in [9.17, 15) is 0 Å². The Morgan fingerprint density at radius 2 is 1.89 bits per heavy atom. The van der Waals surface area contributed by atoms with Crippen LogP contribution in [0, 0.1) is 25.2 Å². The van der Waals surface area contributed by atoms with Gasteiger partial charge < -0.3 is 9.72 Å². The molecule has 0 aromatic carbocycles. The van der Waals surface area contributed by atoms with Crippen LogP contribution in [0.15, 0.2) is 29.3 Å². The molecule has 3 aliphatic heterocycles. The van der Waals surface area contributed by atoms with Gasteiger partial charge in [0.2, 0.25) is 0 Å². The molecular formula is C31H40N6O. The topological polar surface area (TPSA) is 70.8 Å². The molecular weight excluding hydrogens is 472 g/mol. The van der Waals surface area contributed by atoms with Crippen LogP contribution >= 0.6 is 0 Å². The molecule has 4 aliphatic rings. The monoisotopic (exact) mass is 512 g/mol. The molecule has 2 saturated heterocycles. The van der Waals surface area contributed by atoms with Gasteiger partial charge in [-0.25, -0.2) is 9.50 Å². The molecule has 1 aliphatic carbocycles. The molecule has 0 atom stereocenters. The van der Waals surface area contributed by atoms with E-state index in [1.807, 2.05) is 4.52 Å². The van der Waals surface area contributed by atoms with Gasteiger partial charge in [-0.15, -0.1) is 0 Å². The maximum Gasteiger partial charge on any atom is 0.158 e. The van der Waals surface area contributed by atoms with Gasteiger partial charge in [-0.3, -0.25) is 9.89 Å². The Morgan fingerprint density at radius 1 is 1.08 bits per heavy atom. The molecule has 0 unspecified atom stereocenters.